The maximum Gasteiger partial charge on any atom is 0.238 e. The van der Waals surface area contributed by atoms with E-state index in [2.05, 4.69) is 17.6 Å². The predicted octanol–water partition coefficient (Wildman–Crippen LogP) is 6.74. The minimum absolute atomic E-state index is 0.0540. The average molecular weight is 455 g/mol. The van der Waals surface area contributed by atoms with Crippen LogP contribution in [-0.2, 0) is 13.0 Å². The number of nitrogens with zero attached hydrogens (tertiary/aromatic N) is 2. The van der Waals surface area contributed by atoms with Gasteiger partial charge in [0.1, 0.15) is 29.6 Å². The van der Waals surface area contributed by atoms with Crippen molar-refractivity contribution >= 4 is 22.7 Å². The number of ether oxygens (including phenoxy) is 2. The summed E-state index contributed by atoms with van der Waals surface area (Å²) in [7, 11) is 0. The summed E-state index contributed by atoms with van der Waals surface area (Å²) in [6.07, 6.45) is 3.94. The SMILES string of the molecule is C=CCc1cc(/C=C(\C#N)c2nc3ccccc3o2)cc(OCC)c1OCc1ccccc1F. The van der Waals surface area contributed by atoms with Crippen LogP contribution in [0.25, 0.3) is 22.7 Å². The number of rotatable bonds is 9. The summed E-state index contributed by atoms with van der Waals surface area (Å²) in [4.78, 5) is 4.42. The van der Waals surface area contributed by atoms with Crippen molar-refractivity contribution in [3.63, 3.8) is 0 Å². The van der Waals surface area contributed by atoms with E-state index in [4.69, 9.17) is 13.9 Å². The first-order valence-electron chi connectivity index (χ1n) is 10.9. The minimum atomic E-state index is -0.331. The summed E-state index contributed by atoms with van der Waals surface area (Å²) >= 11 is 0. The molecule has 0 aliphatic heterocycles. The largest absolute Gasteiger partial charge is 0.490 e. The molecule has 0 fully saturated rings. The van der Waals surface area contributed by atoms with Gasteiger partial charge in [0.15, 0.2) is 17.1 Å². The van der Waals surface area contributed by atoms with Gasteiger partial charge in [0.2, 0.25) is 5.89 Å². The van der Waals surface area contributed by atoms with Crippen LogP contribution in [0.1, 0.15) is 29.5 Å². The van der Waals surface area contributed by atoms with Crippen molar-refractivity contribution in [2.45, 2.75) is 20.0 Å². The molecule has 4 rings (SSSR count). The highest BCUT2D eigenvalue weighted by atomic mass is 19.1. The Bertz CT molecular complexity index is 1370. The van der Waals surface area contributed by atoms with Crippen molar-refractivity contribution in [1.82, 2.24) is 4.98 Å². The van der Waals surface area contributed by atoms with Gasteiger partial charge in [-0.2, -0.15) is 5.26 Å². The number of para-hydroxylation sites is 2. The maximum atomic E-state index is 14.1. The maximum absolute atomic E-state index is 14.1. The Kier molecular flexibility index (Phi) is 7.04. The Labute approximate surface area is 197 Å². The van der Waals surface area contributed by atoms with E-state index in [1.807, 2.05) is 31.2 Å². The van der Waals surface area contributed by atoms with Gasteiger partial charge in [-0.05, 0) is 55.3 Å². The Hall–Kier alpha value is -4.37. The minimum Gasteiger partial charge on any atom is -0.490 e. The van der Waals surface area contributed by atoms with E-state index in [-0.39, 0.29) is 23.9 Å². The third kappa shape index (κ3) is 5.00. The smallest absolute Gasteiger partial charge is 0.238 e. The molecule has 0 aliphatic carbocycles. The number of hydrogen-bond acceptors (Lipinski definition) is 5. The van der Waals surface area contributed by atoms with Crippen LogP contribution in [0.4, 0.5) is 4.39 Å². The molecule has 0 unspecified atom stereocenters. The van der Waals surface area contributed by atoms with Gasteiger partial charge >= 0.3 is 0 Å². The zero-order valence-electron chi connectivity index (χ0n) is 18.8. The first-order valence-corrected chi connectivity index (χ1v) is 10.9. The van der Waals surface area contributed by atoms with Gasteiger partial charge in [-0.25, -0.2) is 9.37 Å². The van der Waals surface area contributed by atoms with E-state index >= 15 is 0 Å². The van der Waals surface area contributed by atoms with Crippen LogP contribution in [0.5, 0.6) is 11.5 Å². The van der Waals surface area contributed by atoms with Crippen LogP contribution in [0.3, 0.4) is 0 Å². The van der Waals surface area contributed by atoms with Crippen molar-refractivity contribution in [2.75, 3.05) is 6.61 Å². The highest BCUT2D eigenvalue weighted by Crippen LogP contribution is 2.36. The van der Waals surface area contributed by atoms with Gasteiger partial charge < -0.3 is 13.9 Å². The van der Waals surface area contributed by atoms with Crippen molar-refractivity contribution in [3.8, 4) is 17.6 Å². The molecule has 0 amide bonds. The molecule has 0 radical (unpaired) electrons. The molecule has 34 heavy (non-hydrogen) atoms. The highest BCUT2D eigenvalue weighted by Gasteiger charge is 2.16. The number of halogens is 1. The van der Waals surface area contributed by atoms with E-state index in [1.54, 1.807) is 42.5 Å². The highest BCUT2D eigenvalue weighted by molar-refractivity contribution is 5.89. The lowest BCUT2D eigenvalue weighted by molar-refractivity contribution is 0.263. The van der Waals surface area contributed by atoms with Crippen LogP contribution in [0, 0.1) is 17.1 Å². The summed E-state index contributed by atoms with van der Waals surface area (Å²) in [6, 6.07) is 19.7. The first kappa shape index (κ1) is 22.8. The van der Waals surface area contributed by atoms with Crippen molar-refractivity contribution < 1.29 is 18.3 Å². The molecule has 0 bridgehead atoms. The molecule has 4 aromatic rings. The van der Waals surface area contributed by atoms with Crippen molar-refractivity contribution in [1.29, 1.82) is 5.26 Å². The number of benzene rings is 3. The summed E-state index contributed by atoms with van der Waals surface area (Å²) in [6.45, 7) is 6.17. The summed E-state index contributed by atoms with van der Waals surface area (Å²) in [5, 5.41) is 9.78. The lowest BCUT2D eigenvalue weighted by Crippen LogP contribution is -2.04. The average Bonchev–Trinajstić information content (AvgIpc) is 3.27. The number of hydrogen-bond donors (Lipinski definition) is 0. The van der Waals surface area contributed by atoms with Gasteiger partial charge in [-0.1, -0.05) is 36.4 Å². The van der Waals surface area contributed by atoms with Crippen molar-refractivity contribution in [2.24, 2.45) is 0 Å². The van der Waals surface area contributed by atoms with Crippen LogP contribution in [0.15, 0.2) is 77.7 Å². The fourth-order valence-corrected chi connectivity index (χ4v) is 3.56. The lowest BCUT2D eigenvalue weighted by Gasteiger charge is -2.17. The summed E-state index contributed by atoms with van der Waals surface area (Å²) in [5.41, 5.74) is 3.54. The Morgan fingerprint density at radius 1 is 1.12 bits per heavy atom. The van der Waals surface area contributed by atoms with Gasteiger partial charge in [-0.15, -0.1) is 6.58 Å². The van der Waals surface area contributed by atoms with Gasteiger partial charge in [0, 0.05) is 11.1 Å². The molecule has 6 heteroatoms. The third-order valence-corrected chi connectivity index (χ3v) is 5.10. The van der Waals surface area contributed by atoms with Crippen LogP contribution in [-0.4, -0.2) is 11.6 Å². The second kappa shape index (κ2) is 10.5. The number of fused-ring (bicyclic) bond motifs is 1. The number of aromatic nitrogens is 1. The monoisotopic (exact) mass is 454 g/mol. The Morgan fingerprint density at radius 3 is 2.65 bits per heavy atom. The molecule has 0 N–H and O–H groups in total. The van der Waals surface area contributed by atoms with E-state index < -0.39 is 0 Å². The fraction of sp³-hybridized carbons (Fsp3) is 0.143. The molecule has 0 saturated carbocycles. The molecule has 170 valence electrons. The van der Waals surface area contributed by atoms with Crippen LogP contribution < -0.4 is 9.47 Å². The molecule has 5 nitrogen and oxygen atoms in total. The third-order valence-electron chi connectivity index (χ3n) is 5.10. The van der Waals surface area contributed by atoms with Gasteiger partial charge in [0.05, 0.1) is 6.61 Å². The summed E-state index contributed by atoms with van der Waals surface area (Å²) in [5.74, 6) is 0.927. The fourth-order valence-electron chi connectivity index (χ4n) is 3.56. The van der Waals surface area contributed by atoms with E-state index in [0.717, 1.165) is 11.1 Å². The zero-order valence-corrected chi connectivity index (χ0v) is 18.8. The zero-order chi connectivity index (χ0) is 23.9. The standard InChI is InChI=1S/C28H23FN2O3/c1-3-9-20-14-19(15-22(17-30)28-31-24-12-7-8-13-25(24)34-28)16-26(32-4-2)27(20)33-18-21-10-5-6-11-23(21)29/h3,5-8,10-16H,1,4,9,18H2,2H3/b22-15+. The molecular weight excluding hydrogens is 431 g/mol. The molecule has 1 aromatic heterocycles. The molecule has 0 atom stereocenters. The Balaban J connectivity index is 1.73. The normalized spacial score (nSPS) is 11.3. The molecule has 0 spiro atoms. The topological polar surface area (TPSA) is 68.3 Å². The second-order valence-electron chi connectivity index (χ2n) is 7.47. The second-order valence-corrected chi connectivity index (χ2v) is 7.47. The van der Waals surface area contributed by atoms with Crippen molar-refractivity contribution in [3.05, 3.63) is 102 Å². The Morgan fingerprint density at radius 2 is 1.91 bits per heavy atom. The molecule has 1 heterocycles. The van der Waals surface area contributed by atoms with Gasteiger partial charge in [-0.3, -0.25) is 0 Å². The number of oxazole rings is 1. The first-order chi connectivity index (χ1) is 16.6. The molecule has 0 aliphatic rings. The summed E-state index contributed by atoms with van der Waals surface area (Å²) < 4.78 is 31.7. The van der Waals surface area contributed by atoms with E-state index in [0.29, 0.717) is 41.2 Å². The number of allylic oxidation sites excluding steroid dienone is 2. The van der Waals surface area contributed by atoms with Gasteiger partial charge in [0.25, 0.3) is 0 Å². The molecule has 3 aromatic carbocycles. The quantitative estimate of drug-likeness (QED) is 0.207. The predicted molar refractivity (Wildman–Crippen MR) is 130 cm³/mol. The van der Waals surface area contributed by atoms with Crippen LogP contribution in [0.2, 0.25) is 0 Å². The van der Waals surface area contributed by atoms with Crippen LogP contribution >= 0.6 is 0 Å². The molecular formula is C28H23FN2O3. The molecule has 0 saturated heterocycles. The van der Waals surface area contributed by atoms with E-state index in [9.17, 15) is 9.65 Å². The number of nitriles is 1. The van der Waals surface area contributed by atoms with E-state index in [1.165, 1.54) is 6.07 Å². The lowest BCUT2D eigenvalue weighted by atomic mass is 10.0.